The Labute approximate surface area is 206 Å². The maximum Gasteiger partial charge on any atom is 0.243 e. The summed E-state index contributed by atoms with van der Waals surface area (Å²) in [4.78, 5) is 28.0. The average molecular weight is 496 g/mol. The van der Waals surface area contributed by atoms with Crippen LogP contribution < -0.4 is 5.32 Å². The molecule has 0 unspecified atom stereocenters. The first-order valence-electron chi connectivity index (χ1n) is 10.8. The number of benzene rings is 2. The highest BCUT2D eigenvalue weighted by Gasteiger charge is 2.30. The van der Waals surface area contributed by atoms with Crippen molar-refractivity contribution >= 4 is 46.8 Å². The van der Waals surface area contributed by atoms with Crippen LogP contribution >= 0.6 is 35.0 Å². The maximum atomic E-state index is 13.3. The van der Waals surface area contributed by atoms with Gasteiger partial charge in [0.25, 0.3) is 0 Å². The van der Waals surface area contributed by atoms with E-state index in [0.717, 1.165) is 11.1 Å². The molecule has 1 N–H and O–H groups in total. The lowest BCUT2D eigenvalue weighted by Gasteiger charge is -2.33. The molecule has 0 heterocycles. The third-order valence-corrected chi connectivity index (χ3v) is 6.55. The molecule has 0 saturated heterocycles. The number of rotatable bonds is 10. The van der Waals surface area contributed by atoms with Crippen LogP contribution in [0.2, 0.25) is 10.0 Å². The fraction of sp³-hybridized carbons (Fsp3) is 0.440. The van der Waals surface area contributed by atoms with E-state index in [-0.39, 0.29) is 23.1 Å². The number of carbonyl (C=O) groups is 2. The summed E-state index contributed by atoms with van der Waals surface area (Å²) in [5.74, 6) is 0.586. The quantitative estimate of drug-likeness (QED) is 0.441. The molecule has 0 aliphatic carbocycles. The van der Waals surface area contributed by atoms with E-state index in [1.807, 2.05) is 58.0 Å². The number of nitrogens with zero attached hydrogens (tertiary/aromatic N) is 1. The standard InChI is InChI=1S/C25H32Cl2N2O2S/c1-5-22(24(31)28-25(2,3)4)29(15-14-18-10-7-6-8-11-18)23(30)17-32-16-19-20(26)12-9-13-21(19)27/h6-13,22H,5,14-17H2,1-4H3,(H,28,31)/t22-/m1/s1. The molecule has 1 atom stereocenters. The summed E-state index contributed by atoms with van der Waals surface area (Å²) < 4.78 is 0. The summed E-state index contributed by atoms with van der Waals surface area (Å²) in [5, 5.41) is 4.21. The van der Waals surface area contributed by atoms with Gasteiger partial charge in [-0.3, -0.25) is 9.59 Å². The van der Waals surface area contributed by atoms with Crippen molar-refractivity contribution in [2.75, 3.05) is 12.3 Å². The molecular weight excluding hydrogens is 463 g/mol. The first-order chi connectivity index (χ1) is 15.1. The first-order valence-corrected chi connectivity index (χ1v) is 12.7. The molecule has 0 aliphatic rings. The largest absolute Gasteiger partial charge is 0.350 e. The van der Waals surface area contributed by atoms with E-state index in [9.17, 15) is 9.59 Å². The summed E-state index contributed by atoms with van der Waals surface area (Å²) in [5.41, 5.74) is 1.59. The van der Waals surface area contributed by atoms with E-state index in [0.29, 0.717) is 35.2 Å². The Bertz CT molecular complexity index is 880. The highest BCUT2D eigenvalue weighted by molar-refractivity contribution is 7.99. The summed E-state index contributed by atoms with van der Waals surface area (Å²) >= 11 is 14.0. The maximum absolute atomic E-state index is 13.3. The van der Waals surface area contributed by atoms with Crippen molar-refractivity contribution in [3.05, 3.63) is 69.7 Å². The zero-order valence-electron chi connectivity index (χ0n) is 19.2. The first kappa shape index (κ1) is 26.6. The monoisotopic (exact) mass is 494 g/mol. The Hall–Kier alpha value is -1.69. The summed E-state index contributed by atoms with van der Waals surface area (Å²) in [7, 11) is 0. The van der Waals surface area contributed by atoms with Gasteiger partial charge in [-0.05, 0) is 56.9 Å². The zero-order chi connectivity index (χ0) is 23.7. The topological polar surface area (TPSA) is 49.4 Å². The van der Waals surface area contributed by atoms with Gasteiger partial charge in [0.15, 0.2) is 0 Å². The number of carbonyl (C=O) groups excluding carboxylic acids is 2. The SMILES string of the molecule is CC[C@H](C(=O)NC(C)(C)C)N(CCc1ccccc1)C(=O)CSCc1c(Cl)cccc1Cl. The number of thioether (sulfide) groups is 1. The Kier molecular flexibility index (Phi) is 10.4. The van der Waals surface area contributed by atoms with Crippen LogP contribution in [0.15, 0.2) is 48.5 Å². The Morgan fingerprint density at radius 1 is 1.03 bits per heavy atom. The smallest absolute Gasteiger partial charge is 0.243 e. The van der Waals surface area contributed by atoms with Crippen LogP contribution in [0.1, 0.15) is 45.2 Å². The molecule has 174 valence electrons. The number of nitrogens with one attached hydrogen (secondary N) is 1. The van der Waals surface area contributed by atoms with Crippen molar-refractivity contribution in [1.29, 1.82) is 0 Å². The molecule has 0 aliphatic heterocycles. The minimum Gasteiger partial charge on any atom is -0.350 e. The summed E-state index contributed by atoms with van der Waals surface area (Å²) in [6.07, 6.45) is 1.23. The van der Waals surface area contributed by atoms with Crippen molar-refractivity contribution in [2.24, 2.45) is 0 Å². The molecule has 2 amide bonds. The lowest BCUT2D eigenvalue weighted by atomic mass is 10.1. The normalized spacial score (nSPS) is 12.3. The van der Waals surface area contributed by atoms with Crippen LogP contribution in [-0.2, 0) is 21.8 Å². The van der Waals surface area contributed by atoms with Crippen LogP contribution in [0.25, 0.3) is 0 Å². The number of hydrogen-bond donors (Lipinski definition) is 1. The van der Waals surface area contributed by atoms with Crippen LogP contribution in [-0.4, -0.2) is 40.6 Å². The summed E-state index contributed by atoms with van der Waals surface area (Å²) in [6.45, 7) is 8.24. The third kappa shape index (κ3) is 8.34. The Balaban J connectivity index is 2.12. The van der Waals surface area contributed by atoms with Crippen molar-refractivity contribution in [2.45, 2.75) is 57.9 Å². The van der Waals surface area contributed by atoms with Gasteiger partial charge in [-0.25, -0.2) is 0 Å². The molecule has 2 aromatic carbocycles. The van der Waals surface area contributed by atoms with Gasteiger partial charge < -0.3 is 10.2 Å². The fourth-order valence-electron chi connectivity index (χ4n) is 3.34. The van der Waals surface area contributed by atoms with Crippen LogP contribution in [0.5, 0.6) is 0 Å². The predicted octanol–water partition coefficient (Wildman–Crippen LogP) is 5.99. The molecule has 0 aromatic heterocycles. The van der Waals surface area contributed by atoms with E-state index in [1.165, 1.54) is 11.8 Å². The third-order valence-electron chi connectivity index (χ3n) is 4.90. The molecule has 0 spiro atoms. The van der Waals surface area contributed by atoms with Gasteiger partial charge in [-0.15, -0.1) is 11.8 Å². The van der Waals surface area contributed by atoms with Crippen molar-refractivity contribution < 1.29 is 9.59 Å². The highest BCUT2D eigenvalue weighted by atomic mass is 35.5. The molecule has 2 aromatic rings. The van der Waals surface area contributed by atoms with E-state index in [2.05, 4.69) is 5.32 Å². The number of halogens is 2. The molecule has 0 radical (unpaired) electrons. The Morgan fingerprint density at radius 2 is 1.66 bits per heavy atom. The van der Waals surface area contributed by atoms with E-state index >= 15 is 0 Å². The lowest BCUT2D eigenvalue weighted by molar-refractivity contribution is -0.139. The fourth-order valence-corrected chi connectivity index (χ4v) is 4.99. The van der Waals surface area contributed by atoms with Gasteiger partial charge in [0.05, 0.1) is 5.75 Å². The van der Waals surface area contributed by atoms with Gasteiger partial charge in [-0.2, -0.15) is 0 Å². The zero-order valence-corrected chi connectivity index (χ0v) is 21.5. The molecule has 0 bridgehead atoms. The second-order valence-corrected chi connectivity index (χ2v) is 10.5. The average Bonchev–Trinajstić information content (AvgIpc) is 2.72. The molecule has 32 heavy (non-hydrogen) atoms. The Morgan fingerprint density at radius 3 is 2.22 bits per heavy atom. The summed E-state index contributed by atoms with van der Waals surface area (Å²) in [6, 6.07) is 14.9. The molecule has 2 rings (SSSR count). The molecule has 0 fully saturated rings. The predicted molar refractivity (Wildman–Crippen MR) is 136 cm³/mol. The van der Waals surface area contributed by atoms with Crippen LogP contribution in [0, 0.1) is 0 Å². The van der Waals surface area contributed by atoms with Gasteiger partial charge in [0.2, 0.25) is 11.8 Å². The highest BCUT2D eigenvalue weighted by Crippen LogP contribution is 2.28. The number of amides is 2. The molecular formula is C25H32Cl2N2O2S. The van der Waals surface area contributed by atoms with Gasteiger partial charge in [0.1, 0.15) is 6.04 Å². The minimum absolute atomic E-state index is 0.0648. The van der Waals surface area contributed by atoms with Gasteiger partial charge in [0, 0.05) is 27.9 Å². The second kappa shape index (κ2) is 12.5. The molecule has 0 saturated carbocycles. The molecule has 4 nitrogen and oxygen atoms in total. The van der Waals surface area contributed by atoms with E-state index < -0.39 is 6.04 Å². The van der Waals surface area contributed by atoms with Crippen LogP contribution in [0.3, 0.4) is 0 Å². The lowest BCUT2D eigenvalue weighted by Crippen LogP contribution is -2.54. The van der Waals surface area contributed by atoms with E-state index in [4.69, 9.17) is 23.2 Å². The second-order valence-electron chi connectivity index (χ2n) is 8.68. The van der Waals surface area contributed by atoms with E-state index in [1.54, 1.807) is 23.1 Å². The van der Waals surface area contributed by atoms with Crippen molar-refractivity contribution in [1.82, 2.24) is 10.2 Å². The van der Waals surface area contributed by atoms with Crippen LogP contribution in [0.4, 0.5) is 0 Å². The van der Waals surface area contributed by atoms with Gasteiger partial charge in [-0.1, -0.05) is 66.5 Å². The molecule has 7 heteroatoms. The van der Waals surface area contributed by atoms with Crippen molar-refractivity contribution in [3.63, 3.8) is 0 Å². The minimum atomic E-state index is -0.519. The number of hydrogen-bond acceptors (Lipinski definition) is 3. The van der Waals surface area contributed by atoms with Gasteiger partial charge >= 0.3 is 0 Å². The van der Waals surface area contributed by atoms with Crippen molar-refractivity contribution in [3.8, 4) is 0 Å².